The molecule has 0 spiro atoms. The van der Waals surface area contributed by atoms with Gasteiger partial charge in [-0.1, -0.05) is 28.1 Å². The molecule has 23 heavy (non-hydrogen) atoms. The smallest absolute Gasteiger partial charge is 0.258 e. The van der Waals surface area contributed by atoms with Gasteiger partial charge in [0.05, 0.1) is 0 Å². The molecular formula is C17H17BrN2O3. The molecule has 120 valence electrons. The minimum Gasteiger partial charge on any atom is -0.484 e. The predicted octanol–water partition coefficient (Wildman–Crippen LogP) is 3.10. The summed E-state index contributed by atoms with van der Waals surface area (Å²) in [5.74, 6) is 0.331. The van der Waals surface area contributed by atoms with Crippen LogP contribution >= 0.6 is 15.9 Å². The first-order valence-corrected chi connectivity index (χ1v) is 7.84. The van der Waals surface area contributed by atoms with Crippen molar-refractivity contribution >= 4 is 33.4 Å². The number of hydrogen-bond donors (Lipinski definition) is 2. The van der Waals surface area contributed by atoms with Crippen molar-refractivity contribution < 1.29 is 14.3 Å². The second-order valence-electron chi connectivity index (χ2n) is 4.90. The number of nitrogens with one attached hydrogen (secondary N) is 2. The van der Waals surface area contributed by atoms with Gasteiger partial charge in [0.25, 0.3) is 5.91 Å². The van der Waals surface area contributed by atoms with Crippen LogP contribution in [-0.2, 0) is 16.1 Å². The van der Waals surface area contributed by atoms with Crippen LogP contribution < -0.4 is 15.4 Å². The number of hydrogen-bond acceptors (Lipinski definition) is 3. The topological polar surface area (TPSA) is 67.4 Å². The molecule has 0 unspecified atom stereocenters. The van der Waals surface area contributed by atoms with E-state index in [0.717, 1.165) is 15.7 Å². The van der Waals surface area contributed by atoms with Crippen LogP contribution in [0.15, 0.2) is 53.0 Å². The van der Waals surface area contributed by atoms with Gasteiger partial charge in [-0.2, -0.15) is 0 Å². The summed E-state index contributed by atoms with van der Waals surface area (Å²) in [5.41, 5.74) is 1.67. The number of benzene rings is 2. The molecule has 5 nitrogen and oxygen atoms in total. The van der Waals surface area contributed by atoms with Crippen molar-refractivity contribution in [3.63, 3.8) is 0 Å². The van der Waals surface area contributed by atoms with E-state index in [1.807, 2.05) is 24.3 Å². The van der Waals surface area contributed by atoms with Crippen molar-refractivity contribution in [1.82, 2.24) is 5.32 Å². The van der Waals surface area contributed by atoms with Crippen molar-refractivity contribution in [2.24, 2.45) is 0 Å². The van der Waals surface area contributed by atoms with Crippen LogP contribution in [0.25, 0.3) is 0 Å². The molecule has 0 aliphatic heterocycles. The Morgan fingerprint density at radius 2 is 1.70 bits per heavy atom. The van der Waals surface area contributed by atoms with Crippen LogP contribution in [0.5, 0.6) is 5.75 Å². The van der Waals surface area contributed by atoms with E-state index in [1.165, 1.54) is 6.92 Å². The lowest BCUT2D eigenvalue weighted by Crippen LogP contribution is -2.28. The van der Waals surface area contributed by atoms with Crippen LogP contribution in [-0.4, -0.2) is 18.4 Å². The zero-order valence-electron chi connectivity index (χ0n) is 12.6. The quantitative estimate of drug-likeness (QED) is 0.813. The fourth-order valence-electron chi connectivity index (χ4n) is 1.84. The van der Waals surface area contributed by atoms with E-state index in [0.29, 0.717) is 12.3 Å². The minimum atomic E-state index is -0.196. The fourth-order valence-corrected chi connectivity index (χ4v) is 2.10. The molecule has 0 aromatic heterocycles. The molecule has 0 fully saturated rings. The maximum atomic E-state index is 11.8. The molecule has 2 amide bonds. The SMILES string of the molecule is CC(=O)Nc1ccc(CNC(=O)COc2ccc(Br)cc2)cc1. The molecule has 0 saturated carbocycles. The highest BCUT2D eigenvalue weighted by Gasteiger charge is 2.03. The lowest BCUT2D eigenvalue weighted by Gasteiger charge is -2.08. The summed E-state index contributed by atoms with van der Waals surface area (Å²) >= 11 is 3.34. The maximum absolute atomic E-state index is 11.8. The molecule has 0 aliphatic carbocycles. The lowest BCUT2D eigenvalue weighted by atomic mass is 10.2. The van der Waals surface area contributed by atoms with Crippen molar-refractivity contribution in [2.75, 3.05) is 11.9 Å². The molecule has 2 rings (SSSR count). The van der Waals surface area contributed by atoms with Gasteiger partial charge in [-0.15, -0.1) is 0 Å². The Morgan fingerprint density at radius 1 is 1.04 bits per heavy atom. The normalized spacial score (nSPS) is 10.0. The number of carbonyl (C=O) groups excluding carboxylic acids is 2. The number of amides is 2. The molecule has 0 radical (unpaired) electrons. The highest BCUT2D eigenvalue weighted by Crippen LogP contribution is 2.15. The van der Waals surface area contributed by atoms with Gasteiger partial charge in [0.15, 0.2) is 6.61 Å². The average molecular weight is 377 g/mol. The molecule has 0 aliphatic rings. The number of halogens is 1. The number of carbonyl (C=O) groups is 2. The summed E-state index contributed by atoms with van der Waals surface area (Å²) in [6.45, 7) is 1.83. The Balaban J connectivity index is 1.75. The molecule has 0 heterocycles. The van der Waals surface area contributed by atoms with Crippen molar-refractivity contribution in [2.45, 2.75) is 13.5 Å². The Hall–Kier alpha value is -2.34. The molecule has 6 heteroatoms. The maximum Gasteiger partial charge on any atom is 0.258 e. The Bertz CT molecular complexity index is 669. The van der Waals surface area contributed by atoms with Crippen LogP contribution in [0.4, 0.5) is 5.69 Å². The van der Waals surface area contributed by atoms with Gasteiger partial charge in [-0.3, -0.25) is 9.59 Å². The second kappa shape index (κ2) is 8.33. The second-order valence-corrected chi connectivity index (χ2v) is 5.81. The van der Waals surface area contributed by atoms with E-state index in [9.17, 15) is 9.59 Å². The third-order valence-corrected chi connectivity index (χ3v) is 3.48. The first-order chi connectivity index (χ1) is 11.0. The number of ether oxygens (including phenoxy) is 1. The summed E-state index contributed by atoms with van der Waals surface area (Å²) in [7, 11) is 0. The molecule has 0 atom stereocenters. The molecular weight excluding hydrogens is 360 g/mol. The summed E-state index contributed by atoms with van der Waals surface area (Å²) < 4.78 is 6.35. The third kappa shape index (κ3) is 6.12. The van der Waals surface area contributed by atoms with E-state index in [-0.39, 0.29) is 18.4 Å². The minimum absolute atomic E-state index is 0.0361. The summed E-state index contributed by atoms with van der Waals surface area (Å²) in [6.07, 6.45) is 0. The van der Waals surface area contributed by atoms with E-state index in [1.54, 1.807) is 24.3 Å². The van der Waals surface area contributed by atoms with Gasteiger partial charge in [-0.05, 0) is 42.0 Å². The first-order valence-electron chi connectivity index (χ1n) is 7.04. The summed E-state index contributed by atoms with van der Waals surface area (Å²) in [5, 5.41) is 5.47. The lowest BCUT2D eigenvalue weighted by molar-refractivity contribution is -0.123. The third-order valence-electron chi connectivity index (χ3n) is 2.95. The molecule has 2 aromatic rings. The highest BCUT2D eigenvalue weighted by molar-refractivity contribution is 9.10. The van der Waals surface area contributed by atoms with Gasteiger partial charge in [-0.25, -0.2) is 0 Å². The average Bonchev–Trinajstić information content (AvgIpc) is 2.53. The van der Waals surface area contributed by atoms with Crippen molar-refractivity contribution in [3.05, 3.63) is 58.6 Å². The van der Waals surface area contributed by atoms with Crippen LogP contribution in [0.3, 0.4) is 0 Å². The van der Waals surface area contributed by atoms with Crippen LogP contribution in [0.1, 0.15) is 12.5 Å². The highest BCUT2D eigenvalue weighted by atomic mass is 79.9. The number of rotatable bonds is 6. The van der Waals surface area contributed by atoms with Crippen LogP contribution in [0.2, 0.25) is 0 Å². The van der Waals surface area contributed by atoms with Crippen LogP contribution in [0, 0.1) is 0 Å². The van der Waals surface area contributed by atoms with E-state index < -0.39 is 0 Å². The van der Waals surface area contributed by atoms with E-state index in [2.05, 4.69) is 26.6 Å². The van der Waals surface area contributed by atoms with Gasteiger partial charge in [0.1, 0.15) is 5.75 Å². The van der Waals surface area contributed by atoms with E-state index >= 15 is 0 Å². The van der Waals surface area contributed by atoms with E-state index in [4.69, 9.17) is 4.74 Å². The summed E-state index contributed by atoms with van der Waals surface area (Å²) in [6, 6.07) is 14.6. The van der Waals surface area contributed by atoms with Gasteiger partial charge in [0.2, 0.25) is 5.91 Å². The Kier molecular flexibility index (Phi) is 6.17. The Labute approximate surface area is 143 Å². The first kappa shape index (κ1) is 17.0. The number of anilines is 1. The van der Waals surface area contributed by atoms with Crippen molar-refractivity contribution in [3.8, 4) is 5.75 Å². The molecule has 2 N–H and O–H groups in total. The van der Waals surface area contributed by atoms with Gasteiger partial charge < -0.3 is 15.4 Å². The zero-order valence-corrected chi connectivity index (χ0v) is 14.2. The monoisotopic (exact) mass is 376 g/mol. The largest absolute Gasteiger partial charge is 0.484 e. The van der Waals surface area contributed by atoms with Gasteiger partial charge >= 0.3 is 0 Å². The van der Waals surface area contributed by atoms with Gasteiger partial charge in [0, 0.05) is 23.6 Å². The predicted molar refractivity (Wildman–Crippen MR) is 92.2 cm³/mol. The molecule has 0 bridgehead atoms. The Morgan fingerprint density at radius 3 is 2.30 bits per heavy atom. The molecule has 2 aromatic carbocycles. The molecule has 0 saturated heterocycles. The standard InChI is InChI=1S/C17H17BrN2O3/c1-12(21)20-15-6-2-13(3-7-15)10-19-17(22)11-23-16-8-4-14(18)5-9-16/h2-9H,10-11H2,1H3,(H,19,22)(H,20,21). The fraction of sp³-hybridized carbons (Fsp3) is 0.176. The van der Waals surface area contributed by atoms with Crippen molar-refractivity contribution in [1.29, 1.82) is 0 Å². The zero-order chi connectivity index (χ0) is 16.7. The summed E-state index contributed by atoms with van der Waals surface area (Å²) in [4.78, 5) is 22.7.